The van der Waals surface area contributed by atoms with Crippen LogP contribution in [0.4, 0.5) is 4.79 Å². The van der Waals surface area contributed by atoms with Gasteiger partial charge in [-0.25, -0.2) is 18.4 Å². The van der Waals surface area contributed by atoms with Crippen molar-refractivity contribution in [1.29, 1.82) is 0 Å². The zero-order valence-electron chi connectivity index (χ0n) is 17.2. The fourth-order valence-electron chi connectivity index (χ4n) is 3.49. The summed E-state index contributed by atoms with van der Waals surface area (Å²) in [7, 11) is -2.11. The van der Waals surface area contributed by atoms with Crippen LogP contribution >= 0.6 is 0 Å². The molecule has 0 radical (unpaired) electrons. The van der Waals surface area contributed by atoms with Crippen molar-refractivity contribution in [3.63, 3.8) is 0 Å². The molecule has 1 atom stereocenters. The van der Waals surface area contributed by atoms with Crippen molar-refractivity contribution in [2.75, 3.05) is 13.6 Å². The Morgan fingerprint density at radius 2 is 1.93 bits per heavy atom. The van der Waals surface area contributed by atoms with Crippen molar-refractivity contribution in [3.05, 3.63) is 29.8 Å². The summed E-state index contributed by atoms with van der Waals surface area (Å²) in [5.74, 6) is -0.0759. The van der Waals surface area contributed by atoms with E-state index >= 15 is 0 Å². The van der Waals surface area contributed by atoms with E-state index in [1.807, 2.05) is 6.92 Å². The summed E-state index contributed by atoms with van der Waals surface area (Å²) in [4.78, 5) is 26.0. The average Bonchev–Trinajstić information content (AvgIpc) is 2.70. The van der Waals surface area contributed by atoms with Crippen LogP contribution in [0.3, 0.4) is 0 Å². The van der Waals surface area contributed by atoms with Gasteiger partial charge < -0.3 is 15.5 Å². The van der Waals surface area contributed by atoms with Gasteiger partial charge in [0.1, 0.15) is 0 Å². The fraction of sp³-hybridized carbons (Fsp3) is 0.600. The third kappa shape index (κ3) is 7.32. The van der Waals surface area contributed by atoms with Gasteiger partial charge in [-0.05, 0) is 43.9 Å². The number of primary sulfonamides is 1. The van der Waals surface area contributed by atoms with Gasteiger partial charge >= 0.3 is 6.03 Å². The molecule has 8 nitrogen and oxygen atoms in total. The number of nitrogens with zero attached hydrogens (tertiary/aromatic N) is 1. The highest BCUT2D eigenvalue weighted by Crippen LogP contribution is 2.22. The van der Waals surface area contributed by atoms with E-state index in [1.165, 1.54) is 18.6 Å². The van der Waals surface area contributed by atoms with Gasteiger partial charge in [-0.2, -0.15) is 0 Å². The molecule has 9 heteroatoms. The molecule has 1 saturated carbocycles. The molecular formula is C20H32N4O4S. The molecule has 29 heavy (non-hydrogen) atoms. The lowest BCUT2D eigenvalue weighted by molar-refractivity contribution is -0.131. The maximum absolute atomic E-state index is 12.5. The third-order valence-electron chi connectivity index (χ3n) is 5.44. The van der Waals surface area contributed by atoms with Gasteiger partial charge in [0.25, 0.3) is 0 Å². The smallest absolute Gasteiger partial charge is 0.315 e. The minimum absolute atomic E-state index is 0.0240. The molecule has 1 aromatic rings. The average molecular weight is 425 g/mol. The standard InChI is InChI=1S/C20H32N4O4S/c1-15(16-8-6-11-18(14-16)29(21,27)28)24(2)19(25)12-7-13-22-20(26)23-17-9-4-3-5-10-17/h6,8,11,14-15,17H,3-5,7,9-10,12-13H2,1-2H3,(H2,21,27,28)(H2,22,23,26). The van der Waals surface area contributed by atoms with E-state index in [2.05, 4.69) is 10.6 Å². The molecule has 0 saturated heterocycles. The molecular weight excluding hydrogens is 392 g/mol. The normalized spacial score (nSPS) is 16.1. The van der Waals surface area contributed by atoms with Crippen molar-refractivity contribution in [2.45, 2.75) is 68.8 Å². The van der Waals surface area contributed by atoms with Gasteiger partial charge in [0.05, 0.1) is 10.9 Å². The van der Waals surface area contributed by atoms with Gasteiger partial charge in [-0.1, -0.05) is 31.4 Å². The monoisotopic (exact) mass is 424 g/mol. The molecule has 1 unspecified atom stereocenters. The summed E-state index contributed by atoms with van der Waals surface area (Å²) in [5.41, 5.74) is 0.692. The Balaban J connectivity index is 1.76. The molecule has 162 valence electrons. The Labute approximate surface area is 173 Å². The van der Waals surface area contributed by atoms with Crippen LogP contribution in [0.1, 0.15) is 63.5 Å². The maximum atomic E-state index is 12.5. The lowest BCUT2D eigenvalue weighted by Crippen LogP contribution is -2.43. The van der Waals surface area contributed by atoms with Crippen LogP contribution in [0.2, 0.25) is 0 Å². The predicted octanol–water partition coefficient (Wildman–Crippen LogP) is 2.27. The van der Waals surface area contributed by atoms with Crippen LogP contribution in [-0.4, -0.2) is 44.9 Å². The Kier molecular flexibility index (Phi) is 8.45. The van der Waals surface area contributed by atoms with Crippen LogP contribution < -0.4 is 15.8 Å². The van der Waals surface area contributed by atoms with Crippen LogP contribution in [0, 0.1) is 0 Å². The van der Waals surface area contributed by atoms with E-state index in [4.69, 9.17) is 5.14 Å². The molecule has 0 spiro atoms. The van der Waals surface area contributed by atoms with Crippen molar-refractivity contribution in [3.8, 4) is 0 Å². The first-order chi connectivity index (χ1) is 13.7. The molecule has 1 aromatic carbocycles. The minimum atomic E-state index is -3.79. The number of amides is 3. The second-order valence-corrected chi connectivity index (χ2v) is 9.20. The minimum Gasteiger partial charge on any atom is -0.339 e. The molecule has 0 aromatic heterocycles. The van der Waals surface area contributed by atoms with E-state index in [-0.39, 0.29) is 28.9 Å². The van der Waals surface area contributed by atoms with Crippen LogP contribution in [-0.2, 0) is 14.8 Å². The van der Waals surface area contributed by atoms with E-state index in [1.54, 1.807) is 24.1 Å². The van der Waals surface area contributed by atoms with Crippen LogP contribution in [0.5, 0.6) is 0 Å². The molecule has 0 bridgehead atoms. The predicted molar refractivity (Wildman–Crippen MR) is 112 cm³/mol. The number of urea groups is 1. The number of sulfonamides is 1. The fourth-order valence-corrected chi connectivity index (χ4v) is 4.06. The maximum Gasteiger partial charge on any atom is 0.315 e. The molecule has 1 aliphatic rings. The molecule has 0 aliphatic heterocycles. The first-order valence-electron chi connectivity index (χ1n) is 10.1. The number of nitrogens with two attached hydrogens (primary N) is 1. The van der Waals surface area contributed by atoms with E-state index in [9.17, 15) is 18.0 Å². The molecule has 3 amide bonds. The van der Waals surface area contributed by atoms with Crippen molar-refractivity contribution < 1.29 is 18.0 Å². The summed E-state index contributed by atoms with van der Waals surface area (Å²) < 4.78 is 23.0. The second-order valence-electron chi connectivity index (χ2n) is 7.64. The molecule has 1 fully saturated rings. The highest BCUT2D eigenvalue weighted by Gasteiger charge is 2.19. The van der Waals surface area contributed by atoms with Gasteiger partial charge in [-0.3, -0.25) is 4.79 Å². The van der Waals surface area contributed by atoms with E-state index in [0.29, 0.717) is 24.9 Å². The van der Waals surface area contributed by atoms with Crippen molar-refractivity contribution in [2.24, 2.45) is 5.14 Å². The Hall–Kier alpha value is -2.13. The molecule has 4 N–H and O–H groups in total. The van der Waals surface area contributed by atoms with Crippen LogP contribution in [0.25, 0.3) is 0 Å². The van der Waals surface area contributed by atoms with E-state index < -0.39 is 10.0 Å². The van der Waals surface area contributed by atoms with Gasteiger partial charge in [0, 0.05) is 26.1 Å². The van der Waals surface area contributed by atoms with Crippen molar-refractivity contribution >= 4 is 22.0 Å². The van der Waals surface area contributed by atoms with Gasteiger partial charge in [0.15, 0.2) is 0 Å². The lowest BCUT2D eigenvalue weighted by Gasteiger charge is -2.26. The zero-order chi connectivity index (χ0) is 21.4. The Morgan fingerprint density at radius 1 is 1.24 bits per heavy atom. The largest absolute Gasteiger partial charge is 0.339 e. The summed E-state index contributed by atoms with van der Waals surface area (Å²) in [5, 5.41) is 11.0. The quantitative estimate of drug-likeness (QED) is 0.554. The zero-order valence-corrected chi connectivity index (χ0v) is 18.0. The first kappa shape index (κ1) is 23.2. The van der Waals surface area contributed by atoms with Gasteiger partial charge in [0.2, 0.25) is 15.9 Å². The summed E-state index contributed by atoms with van der Waals surface area (Å²) in [6, 6.07) is 6.07. The Morgan fingerprint density at radius 3 is 2.59 bits per heavy atom. The molecule has 1 aliphatic carbocycles. The number of carbonyl (C=O) groups excluding carboxylic acids is 2. The SMILES string of the molecule is CC(c1cccc(S(N)(=O)=O)c1)N(C)C(=O)CCCNC(=O)NC1CCCCC1. The number of benzene rings is 1. The number of hydrogen-bond acceptors (Lipinski definition) is 4. The summed E-state index contributed by atoms with van der Waals surface area (Å²) in [6.07, 6.45) is 6.43. The first-order valence-corrected chi connectivity index (χ1v) is 11.7. The number of rotatable bonds is 8. The topological polar surface area (TPSA) is 122 Å². The summed E-state index contributed by atoms with van der Waals surface area (Å²) in [6.45, 7) is 2.25. The number of hydrogen-bond donors (Lipinski definition) is 3. The third-order valence-corrected chi connectivity index (χ3v) is 6.35. The Bertz CT molecular complexity index is 806. The van der Waals surface area contributed by atoms with Crippen LogP contribution in [0.15, 0.2) is 29.2 Å². The number of nitrogens with one attached hydrogen (secondary N) is 2. The molecule has 0 heterocycles. The number of carbonyl (C=O) groups is 2. The summed E-state index contributed by atoms with van der Waals surface area (Å²) >= 11 is 0. The lowest BCUT2D eigenvalue weighted by atomic mass is 9.96. The highest BCUT2D eigenvalue weighted by atomic mass is 32.2. The van der Waals surface area contributed by atoms with E-state index in [0.717, 1.165) is 25.7 Å². The second kappa shape index (κ2) is 10.6. The molecule has 2 rings (SSSR count). The highest BCUT2D eigenvalue weighted by molar-refractivity contribution is 7.89. The van der Waals surface area contributed by atoms with Gasteiger partial charge in [-0.15, -0.1) is 0 Å². The van der Waals surface area contributed by atoms with Crippen molar-refractivity contribution in [1.82, 2.24) is 15.5 Å².